The Labute approximate surface area is 114 Å². The second kappa shape index (κ2) is 7.34. The van der Waals surface area contributed by atoms with Gasteiger partial charge in [-0.15, -0.1) is 0 Å². The first kappa shape index (κ1) is 15.8. The standard InChI is InChI=1S/C13H21O3PS/c1-5-15-17(14,16-6-2)18-13-9-7-12(8-10-13)11(3)4/h7-11H,5-6H2,1-4H3. The molecule has 3 nitrogen and oxygen atoms in total. The summed E-state index contributed by atoms with van der Waals surface area (Å²) in [4.78, 5) is 0.907. The lowest BCUT2D eigenvalue weighted by molar-refractivity contribution is 0.237. The van der Waals surface area contributed by atoms with Crippen LogP contribution >= 0.6 is 18.2 Å². The van der Waals surface area contributed by atoms with Crippen molar-refractivity contribution in [3.05, 3.63) is 29.8 Å². The van der Waals surface area contributed by atoms with E-state index in [9.17, 15) is 4.57 Å². The highest BCUT2D eigenvalue weighted by Crippen LogP contribution is 2.63. The molecule has 0 bridgehead atoms. The predicted octanol–water partition coefficient (Wildman–Crippen LogP) is 5.08. The molecule has 0 aliphatic rings. The summed E-state index contributed by atoms with van der Waals surface area (Å²) in [5.74, 6) is 0.495. The topological polar surface area (TPSA) is 35.5 Å². The Morgan fingerprint density at radius 3 is 2.00 bits per heavy atom. The van der Waals surface area contributed by atoms with Gasteiger partial charge in [0, 0.05) is 4.90 Å². The molecule has 0 fully saturated rings. The van der Waals surface area contributed by atoms with E-state index in [-0.39, 0.29) is 0 Å². The van der Waals surface area contributed by atoms with Crippen molar-refractivity contribution in [2.45, 2.75) is 38.5 Å². The van der Waals surface area contributed by atoms with Crippen LogP contribution in [0.25, 0.3) is 0 Å². The first-order valence-electron chi connectivity index (χ1n) is 6.19. The molecule has 18 heavy (non-hydrogen) atoms. The molecule has 102 valence electrons. The van der Waals surface area contributed by atoms with Crippen molar-refractivity contribution in [2.75, 3.05) is 13.2 Å². The third-order valence-corrected chi connectivity index (χ3v) is 6.13. The number of hydrogen-bond donors (Lipinski definition) is 0. The summed E-state index contributed by atoms with van der Waals surface area (Å²) < 4.78 is 22.8. The molecule has 0 heterocycles. The van der Waals surface area contributed by atoms with Crippen molar-refractivity contribution >= 4 is 18.2 Å². The molecule has 0 radical (unpaired) electrons. The molecule has 5 heteroatoms. The van der Waals surface area contributed by atoms with Crippen LogP contribution in [0.2, 0.25) is 0 Å². The first-order valence-corrected chi connectivity index (χ1v) is 9.16. The summed E-state index contributed by atoms with van der Waals surface area (Å²) >= 11 is 1.17. The minimum absolute atomic E-state index is 0.383. The number of benzene rings is 1. The zero-order valence-corrected chi connectivity index (χ0v) is 13.1. The van der Waals surface area contributed by atoms with E-state index in [4.69, 9.17) is 9.05 Å². The predicted molar refractivity (Wildman–Crippen MR) is 77.2 cm³/mol. The summed E-state index contributed by atoms with van der Waals surface area (Å²) in [5, 5.41) is 0. The van der Waals surface area contributed by atoms with Crippen LogP contribution in [-0.4, -0.2) is 13.2 Å². The highest BCUT2D eigenvalue weighted by atomic mass is 32.7. The van der Waals surface area contributed by atoms with Crippen LogP contribution < -0.4 is 0 Å². The Morgan fingerprint density at radius 1 is 1.11 bits per heavy atom. The van der Waals surface area contributed by atoms with E-state index < -0.39 is 6.80 Å². The fraction of sp³-hybridized carbons (Fsp3) is 0.538. The van der Waals surface area contributed by atoms with E-state index in [0.29, 0.717) is 19.1 Å². The average molecular weight is 288 g/mol. The largest absolute Gasteiger partial charge is 0.393 e. The summed E-state index contributed by atoms with van der Waals surface area (Å²) in [6, 6.07) is 8.03. The third-order valence-electron chi connectivity index (χ3n) is 2.34. The van der Waals surface area contributed by atoms with Crippen molar-refractivity contribution in [1.82, 2.24) is 0 Å². The Bertz CT molecular complexity index is 393. The summed E-state index contributed by atoms with van der Waals surface area (Å²) in [6.07, 6.45) is 0. The van der Waals surface area contributed by atoms with Gasteiger partial charge >= 0.3 is 6.80 Å². The molecule has 0 aliphatic carbocycles. The molecule has 0 N–H and O–H groups in total. The van der Waals surface area contributed by atoms with Crippen molar-refractivity contribution < 1.29 is 13.6 Å². The van der Waals surface area contributed by atoms with Gasteiger partial charge in [-0.05, 0) is 48.8 Å². The van der Waals surface area contributed by atoms with Crippen LogP contribution in [0, 0.1) is 0 Å². The molecule has 0 amide bonds. The van der Waals surface area contributed by atoms with Gasteiger partial charge in [0.1, 0.15) is 0 Å². The minimum atomic E-state index is -3.06. The van der Waals surface area contributed by atoms with Gasteiger partial charge in [0.2, 0.25) is 0 Å². The second-order valence-electron chi connectivity index (χ2n) is 4.10. The third kappa shape index (κ3) is 4.77. The quantitative estimate of drug-likeness (QED) is 0.655. The zero-order valence-electron chi connectivity index (χ0n) is 11.4. The van der Waals surface area contributed by atoms with Gasteiger partial charge in [-0.25, -0.2) is 4.57 Å². The van der Waals surface area contributed by atoms with E-state index in [2.05, 4.69) is 26.0 Å². The number of hydrogen-bond acceptors (Lipinski definition) is 4. The lowest BCUT2D eigenvalue weighted by Crippen LogP contribution is -1.92. The van der Waals surface area contributed by atoms with Gasteiger partial charge in [-0.2, -0.15) is 0 Å². The fourth-order valence-electron chi connectivity index (χ4n) is 1.45. The van der Waals surface area contributed by atoms with Gasteiger partial charge in [0.05, 0.1) is 13.2 Å². The molecular weight excluding hydrogens is 267 g/mol. The normalized spacial score (nSPS) is 12.1. The summed E-state index contributed by atoms with van der Waals surface area (Å²) in [6.45, 7) is 5.62. The average Bonchev–Trinajstić information content (AvgIpc) is 2.30. The molecule has 0 aliphatic heterocycles. The molecular formula is C13H21O3PS. The Morgan fingerprint density at radius 2 is 1.61 bits per heavy atom. The molecule has 0 unspecified atom stereocenters. The van der Waals surface area contributed by atoms with Crippen LogP contribution in [0.15, 0.2) is 29.2 Å². The van der Waals surface area contributed by atoms with Crippen LogP contribution in [-0.2, 0) is 13.6 Å². The maximum absolute atomic E-state index is 12.3. The summed E-state index contributed by atoms with van der Waals surface area (Å²) in [5.41, 5.74) is 1.27. The smallest absolute Gasteiger partial charge is 0.301 e. The molecule has 0 atom stereocenters. The molecule has 0 spiro atoms. The van der Waals surface area contributed by atoms with E-state index in [0.717, 1.165) is 4.90 Å². The zero-order chi connectivity index (χ0) is 13.6. The van der Waals surface area contributed by atoms with Gasteiger partial charge in [0.25, 0.3) is 0 Å². The van der Waals surface area contributed by atoms with Crippen LogP contribution in [0.1, 0.15) is 39.2 Å². The monoisotopic (exact) mass is 288 g/mol. The molecule has 0 aromatic heterocycles. The Kier molecular flexibility index (Phi) is 6.44. The van der Waals surface area contributed by atoms with Crippen molar-refractivity contribution in [3.8, 4) is 0 Å². The van der Waals surface area contributed by atoms with Gasteiger partial charge in [-0.3, -0.25) is 0 Å². The van der Waals surface area contributed by atoms with Crippen LogP contribution in [0.3, 0.4) is 0 Å². The first-order chi connectivity index (χ1) is 8.50. The molecule has 1 aromatic carbocycles. The van der Waals surface area contributed by atoms with Crippen molar-refractivity contribution in [1.29, 1.82) is 0 Å². The second-order valence-corrected chi connectivity index (χ2v) is 8.05. The van der Waals surface area contributed by atoms with E-state index in [1.54, 1.807) is 0 Å². The Hall–Kier alpha value is -0.280. The van der Waals surface area contributed by atoms with E-state index in [1.165, 1.54) is 16.9 Å². The fourth-order valence-corrected chi connectivity index (χ4v) is 4.87. The van der Waals surface area contributed by atoms with Crippen LogP contribution in [0.5, 0.6) is 0 Å². The summed E-state index contributed by atoms with van der Waals surface area (Å²) in [7, 11) is 0. The van der Waals surface area contributed by atoms with Gasteiger partial charge in [0.15, 0.2) is 0 Å². The molecule has 1 aromatic rings. The highest BCUT2D eigenvalue weighted by Gasteiger charge is 2.25. The lowest BCUT2D eigenvalue weighted by atomic mass is 10.0. The van der Waals surface area contributed by atoms with Gasteiger partial charge in [-0.1, -0.05) is 26.0 Å². The lowest BCUT2D eigenvalue weighted by Gasteiger charge is -2.16. The van der Waals surface area contributed by atoms with E-state index in [1.807, 2.05) is 26.0 Å². The maximum Gasteiger partial charge on any atom is 0.393 e. The molecule has 0 saturated heterocycles. The highest BCUT2D eigenvalue weighted by molar-refractivity contribution is 8.55. The molecule has 1 rings (SSSR count). The van der Waals surface area contributed by atoms with Crippen LogP contribution in [0.4, 0.5) is 0 Å². The SMILES string of the molecule is CCOP(=O)(OCC)Sc1ccc(C(C)C)cc1. The van der Waals surface area contributed by atoms with Gasteiger partial charge < -0.3 is 9.05 Å². The maximum atomic E-state index is 12.3. The minimum Gasteiger partial charge on any atom is -0.301 e. The van der Waals surface area contributed by atoms with Crippen molar-refractivity contribution in [2.24, 2.45) is 0 Å². The van der Waals surface area contributed by atoms with Crippen molar-refractivity contribution in [3.63, 3.8) is 0 Å². The molecule has 0 saturated carbocycles. The number of rotatable bonds is 7. The Balaban J connectivity index is 2.78. The van der Waals surface area contributed by atoms with E-state index >= 15 is 0 Å².